The van der Waals surface area contributed by atoms with Crippen molar-refractivity contribution in [2.75, 3.05) is 0 Å². The smallest absolute Gasteiger partial charge is 0.279 e. The van der Waals surface area contributed by atoms with Gasteiger partial charge in [0.05, 0.1) is 25.5 Å². The fourth-order valence-corrected chi connectivity index (χ4v) is 5.24. The van der Waals surface area contributed by atoms with Gasteiger partial charge in [-0.2, -0.15) is 0 Å². The Morgan fingerprint density at radius 2 is 1.67 bits per heavy atom. The van der Waals surface area contributed by atoms with E-state index in [0.717, 1.165) is 31.0 Å². The van der Waals surface area contributed by atoms with E-state index in [1.807, 2.05) is 66.2 Å². The minimum absolute atomic E-state index is 0.358. The lowest BCUT2D eigenvalue weighted by atomic mass is 10.2. The number of hydrazine groups is 1. The second kappa shape index (κ2) is 7.40. The number of thiophene rings is 1. The minimum atomic E-state index is -0.360. The van der Waals surface area contributed by atoms with Crippen LogP contribution in [0.4, 0.5) is 0 Å². The van der Waals surface area contributed by atoms with Gasteiger partial charge in [0.15, 0.2) is 0 Å². The van der Waals surface area contributed by atoms with Crippen molar-refractivity contribution in [3.05, 3.63) is 77.3 Å². The number of benzene rings is 2. The first kappa shape index (κ1) is 18.5. The molecule has 2 N–H and O–H groups in total. The monoisotopic (exact) mass is 432 g/mol. The van der Waals surface area contributed by atoms with E-state index < -0.39 is 0 Å². The number of nitrogens with one attached hydrogen (secondary N) is 2. The maximum absolute atomic E-state index is 12.6. The molecule has 0 radical (unpaired) electrons. The zero-order chi connectivity index (χ0) is 20.7. The summed E-state index contributed by atoms with van der Waals surface area (Å²) in [6, 6.07) is 19.2. The van der Waals surface area contributed by atoms with Crippen LogP contribution in [0.2, 0.25) is 0 Å². The molecule has 0 spiro atoms. The number of para-hydroxylation sites is 2. The highest BCUT2D eigenvalue weighted by molar-refractivity contribution is 7.26. The molecular weight excluding hydrogens is 416 g/mol. The van der Waals surface area contributed by atoms with Crippen LogP contribution >= 0.6 is 22.7 Å². The Balaban J connectivity index is 1.30. The second-order valence-corrected chi connectivity index (χ2v) is 8.84. The predicted molar refractivity (Wildman–Crippen MR) is 121 cm³/mol. The molecule has 0 saturated carbocycles. The molecule has 5 aromatic rings. The van der Waals surface area contributed by atoms with Gasteiger partial charge in [-0.25, -0.2) is 4.98 Å². The Labute approximate surface area is 179 Å². The molecule has 0 unspecified atom stereocenters. The van der Waals surface area contributed by atoms with Crippen LogP contribution in [0.5, 0.6) is 0 Å². The van der Waals surface area contributed by atoms with Crippen LogP contribution in [0, 0.1) is 0 Å². The highest BCUT2D eigenvalue weighted by Crippen LogP contribution is 2.34. The number of aryl methyl sites for hydroxylation is 1. The van der Waals surface area contributed by atoms with Gasteiger partial charge in [0.2, 0.25) is 0 Å². The van der Waals surface area contributed by atoms with Gasteiger partial charge in [0, 0.05) is 24.1 Å². The van der Waals surface area contributed by atoms with Crippen LogP contribution in [-0.4, -0.2) is 21.4 Å². The molecular formula is C22H16N4O2S2. The number of aromatic nitrogens is 2. The topological polar surface area (TPSA) is 76.0 Å². The van der Waals surface area contributed by atoms with Crippen LogP contribution in [0.15, 0.2) is 66.9 Å². The lowest BCUT2D eigenvalue weighted by Crippen LogP contribution is -2.41. The fraction of sp³-hybridized carbons (Fsp3) is 0.0455. The van der Waals surface area contributed by atoms with Crippen LogP contribution < -0.4 is 10.9 Å². The Morgan fingerprint density at radius 1 is 0.900 bits per heavy atom. The number of fused-ring (bicyclic) bond motifs is 2. The van der Waals surface area contributed by atoms with E-state index in [0.29, 0.717) is 10.4 Å². The number of thiazole rings is 1. The van der Waals surface area contributed by atoms with Crippen molar-refractivity contribution in [1.29, 1.82) is 0 Å². The van der Waals surface area contributed by atoms with Crippen LogP contribution in [-0.2, 0) is 7.05 Å². The molecule has 5 rings (SSSR count). The van der Waals surface area contributed by atoms with Crippen LogP contribution in [0.3, 0.4) is 0 Å². The summed E-state index contributed by atoms with van der Waals surface area (Å²) in [4.78, 5) is 31.2. The molecule has 0 saturated heterocycles. The number of hydrogen-bond donors (Lipinski definition) is 2. The normalized spacial score (nSPS) is 11.1. The molecule has 0 aliphatic heterocycles. The first-order valence-corrected chi connectivity index (χ1v) is 10.8. The van der Waals surface area contributed by atoms with Crippen LogP contribution in [0.25, 0.3) is 31.0 Å². The predicted octanol–water partition coefficient (Wildman–Crippen LogP) is 4.59. The third-order valence-corrected chi connectivity index (χ3v) is 7.06. The molecule has 2 amide bonds. The lowest BCUT2D eigenvalue weighted by Gasteiger charge is -2.05. The van der Waals surface area contributed by atoms with Crippen molar-refractivity contribution >= 4 is 55.6 Å². The maximum atomic E-state index is 12.6. The fourth-order valence-electron chi connectivity index (χ4n) is 3.32. The van der Waals surface area contributed by atoms with Gasteiger partial charge in [-0.05, 0) is 30.3 Å². The molecule has 0 bridgehead atoms. The first-order valence-electron chi connectivity index (χ1n) is 9.21. The number of hydrogen-bond acceptors (Lipinski definition) is 5. The number of rotatable bonds is 3. The summed E-state index contributed by atoms with van der Waals surface area (Å²) in [6.45, 7) is 0. The quantitative estimate of drug-likeness (QED) is 0.410. The molecule has 0 atom stereocenters. The summed E-state index contributed by atoms with van der Waals surface area (Å²) < 4.78 is 2.99. The summed E-state index contributed by atoms with van der Waals surface area (Å²) in [5.41, 5.74) is 7.43. The second-order valence-electron chi connectivity index (χ2n) is 6.73. The van der Waals surface area contributed by atoms with Crippen molar-refractivity contribution in [3.63, 3.8) is 0 Å². The lowest BCUT2D eigenvalue weighted by molar-refractivity contribution is 0.0849. The van der Waals surface area contributed by atoms with Gasteiger partial charge in [0.25, 0.3) is 11.8 Å². The summed E-state index contributed by atoms with van der Waals surface area (Å²) in [7, 11) is 1.88. The van der Waals surface area contributed by atoms with Gasteiger partial charge >= 0.3 is 0 Å². The molecule has 0 aliphatic carbocycles. The van der Waals surface area contributed by atoms with E-state index >= 15 is 0 Å². The van der Waals surface area contributed by atoms with Gasteiger partial charge in [0.1, 0.15) is 5.01 Å². The summed E-state index contributed by atoms with van der Waals surface area (Å²) in [6.07, 6.45) is 1.75. The molecule has 3 heterocycles. The first-order chi connectivity index (χ1) is 14.6. The van der Waals surface area contributed by atoms with Gasteiger partial charge < -0.3 is 4.57 Å². The number of carbonyl (C=O) groups is 2. The van der Waals surface area contributed by atoms with E-state index in [9.17, 15) is 9.59 Å². The largest absolute Gasteiger partial charge is 0.350 e. The molecule has 3 aromatic heterocycles. The zero-order valence-electron chi connectivity index (χ0n) is 15.9. The third kappa shape index (κ3) is 3.26. The van der Waals surface area contributed by atoms with Crippen molar-refractivity contribution in [3.8, 4) is 9.88 Å². The van der Waals surface area contributed by atoms with E-state index in [2.05, 4.69) is 15.8 Å². The zero-order valence-corrected chi connectivity index (χ0v) is 17.5. The highest BCUT2D eigenvalue weighted by Gasteiger charge is 2.16. The SMILES string of the molecule is Cn1cc(C(=O)NNC(=O)c2ccc(-c3nc4ccccc4s3)s2)c2ccccc21. The highest BCUT2D eigenvalue weighted by atomic mass is 32.1. The maximum Gasteiger partial charge on any atom is 0.279 e. The van der Waals surface area contributed by atoms with E-state index in [4.69, 9.17) is 0 Å². The van der Waals surface area contributed by atoms with E-state index in [1.165, 1.54) is 11.3 Å². The van der Waals surface area contributed by atoms with Crippen molar-refractivity contribution in [2.24, 2.45) is 7.05 Å². The van der Waals surface area contributed by atoms with Crippen molar-refractivity contribution in [1.82, 2.24) is 20.4 Å². The Kier molecular flexibility index (Phi) is 4.57. The van der Waals surface area contributed by atoms with Crippen molar-refractivity contribution < 1.29 is 9.59 Å². The van der Waals surface area contributed by atoms with E-state index in [-0.39, 0.29) is 11.8 Å². The molecule has 0 aliphatic rings. The Hall–Kier alpha value is -3.49. The molecule has 6 nitrogen and oxygen atoms in total. The number of carbonyl (C=O) groups excluding carboxylic acids is 2. The average molecular weight is 433 g/mol. The summed E-state index contributed by atoms with van der Waals surface area (Å²) >= 11 is 2.93. The van der Waals surface area contributed by atoms with Crippen molar-refractivity contribution in [2.45, 2.75) is 0 Å². The third-order valence-electron chi connectivity index (χ3n) is 4.77. The molecule has 30 heavy (non-hydrogen) atoms. The molecule has 2 aromatic carbocycles. The molecule has 8 heteroatoms. The van der Waals surface area contributed by atoms with Gasteiger partial charge in [-0.15, -0.1) is 22.7 Å². The number of nitrogens with zero attached hydrogens (tertiary/aromatic N) is 2. The summed E-state index contributed by atoms with van der Waals surface area (Å²) in [5, 5.41) is 1.71. The molecule has 0 fully saturated rings. The molecule has 148 valence electrons. The van der Waals surface area contributed by atoms with Crippen LogP contribution in [0.1, 0.15) is 20.0 Å². The minimum Gasteiger partial charge on any atom is -0.350 e. The Morgan fingerprint density at radius 3 is 2.53 bits per heavy atom. The standard InChI is InChI=1S/C22H16N4O2S2/c1-26-12-14(13-6-2-4-8-16(13)26)20(27)24-25-21(28)18-10-11-19(29-18)22-23-15-7-3-5-9-17(15)30-22/h2-12H,1H3,(H,24,27)(H,25,28). The van der Waals surface area contributed by atoms with E-state index in [1.54, 1.807) is 23.6 Å². The number of amides is 2. The Bertz CT molecular complexity index is 1380. The average Bonchev–Trinajstić information content (AvgIpc) is 3.49. The summed E-state index contributed by atoms with van der Waals surface area (Å²) in [5.74, 6) is -0.718. The van der Waals surface area contributed by atoms with Gasteiger partial charge in [-0.1, -0.05) is 30.3 Å². The van der Waals surface area contributed by atoms with Gasteiger partial charge in [-0.3, -0.25) is 20.4 Å².